The number of pyridine rings is 1. The second-order valence-electron chi connectivity index (χ2n) is 5.17. The number of carbonyl (C=O) groups excluding carboxylic acids is 1. The van der Waals surface area contributed by atoms with Crippen molar-refractivity contribution in [1.82, 2.24) is 4.57 Å². The topological polar surface area (TPSA) is 48.3 Å². The maximum Gasteiger partial charge on any atom is 0.355 e. The minimum absolute atomic E-state index is 0.0279. The summed E-state index contributed by atoms with van der Waals surface area (Å²) in [6, 6.07) is 9.53. The largest absolute Gasteiger partial charge is 0.461 e. The zero-order chi connectivity index (χ0) is 18.1. The van der Waals surface area contributed by atoms with Crippen LogP contribution in [0.1, 0.15) is 17.4 Å². The number of ether oxygens (including phenoxy) is 1. The first-order chi connectivity index (χ1) is 12.0. The highest BCUT2D eigenvalue weighted by molar-refractivity contribution is 5.93. The van der Waals surface area contributed by atoms with Crippen LogP contribution < -0.4 is 5.43 Å². The summed E-state index contributed by atoms with van der Waals surface area (Å²) < 4.78 is 47.8. The van der Waals surface area contributed by atoms with Gasteiger partial charge in [-0.1, -0.05) is 18.2 Å². The molecule has 2 aromatic carbocycles. The van der Waals surface area contributed by atoms with E-state index in [1.54, 1.807) is 25.1 Å². The molecule has 3 rings (SSSR count). The second kappa shape index (κ2) is 6.43. The van der Waals surface area contributed by atoms with E-state index in [0.29, 0.717) is 11.8 Å². The van der Waals surface area contributed by atoms with Crippen molar-refractivity contribution in [3.63, 3.8) is 0 Å². The molecule has 0 saturated heterocycles. The first-order valence-electron chi connectivity index (χ1n) is 7.41. The fourth-order valence-electron chi connectivity index (χ4n) is 2.58. The Morgan fingerprint density at radius 2 is 1.76 bits per heavy atom. The van der Waals surface area contributed by atoms with Crippen LogP contribution in [0.2, 0.25) is 0 Å². The van der Waals surface area contributed by atoms with Gasteiger partial charge < -0.3 is 9.30 Å². The van der Waals surface area contributed by atoms with Gasteiger partial charge in [0.2, 0.25) is 0 Å². The number of hydrogen-bond donors (Lipinski definition) is 0. The first-order valence-corrected chi connectivity index (χ1v) is 7.41. The maximum absolute atomic E-state index is 14.5. The molecule has 0 radical (unpaired) electrons. The molecule has 0 spiro atoms. The van der Waals surface area contributed by atoms with Crippen LogP contribution in [-0.4, -0.2) is 17.1 Å². The fourth-order valence-corrected chi connectivity index (χ4v) is 2.58. The standard InChI is InChI=1S/C18H12F3NO3/c1-2-25-18(24)13-9-14(23)11-8-12(19)15(20)16(21)17(11)22(13)10-6-4-3-5-7-10/h3-9H,2H2,1H3. The molecule has 0 atom stereocenters. The number of rotatable bonds is 3. The highest BCUT2D eigenvalue weighted by atomic mass is 19.2. The Balaban J connectivity index is 2.52. The molecule has 4 nitrogen and oxygen atoms in total. The number of nitrogens with zero attached hydrogens (tertiary/aromatic N) is 1. The monoisotopic (exact) mass is 347 g/mol. The third kappa shape index (κ3) is 2.77. The average molecular weight is 347 g/mol. The Hall–Kier alpha value is -3.09. The van der Waals surface area contributed by atoms with Crippen molar-refractivity contribution >= 4 is 16.9 Å². The van der Waals surface area contributed by atoms with Crippen molar-refractivity contribution < 1.29 is 22.7 Å². The van der Waals surface area contributed by atoms with E-state index in [2.05, 4.69) is 0 Å². The lowest BCUT2D eigenvalue weighted by Crippen LogP contribution is -2.20. The molecule has 0 saturated carbocycles. The third-order valence-corrected chi connectivity index (χ3v) is 3.63. The predicted octanol–water partition coefficient (Wildman–Crippen LogP) is 3.58. The zero-order valence-corrected chi connectivity index (χ0v) is 13.1. The van der Waals surface area contributed by atoms with Crippen molar-refractivity contribution in [3.05, 3.63) is 75.8 Å². The van der Waals surface area contributed by atoms with Crippen molar-refractivity contribution in [3.8, 4) is 5.69 Å². The van der Waals surface area contributed by atoms with Crippen LogP contribution in [0, 0.1) is 17.5 Å². The summed E-state index contributed by atoms with van der Waals surface area (Å²) in [6.07, 6.45) is 0. The lowest BCUT2D eigenvalue weighted by Gasteiger charge is -2.17. The summed E-state index contributed by atoms with van der Waals surface area (Å²) in [5.74, 6) is -5.64. The molecule has 3 aromatic rings. The van der Waals surface area contributed by atoms with E-state index >= 15 is 0 Å². The summed E-state index contributed by atoms with van der Waals surface area (Å²) in [6.45, 7) is 1.60. The minimum atomic E-state index is -1.72. The molecule has 7 heteroatoms. The Morgan fingerprint density at radius 3 is 2.40 bits per heavy atom. The molecule has 25 heavy (non-hydrogen) atoms. The van der Waals surface area contributed by atoms with Gasteiger partial charge in [-0.3, -0.25) is 4.79 Å². The Morgan fingerprint density at radius 1 is 1.08 bits per heavy atom. The second-order valence-corrected chi connectivity index (χ2v) is 5.17. The molecular weight excluding hydrogens is 335 g/mol. The molecule has 0 fully saturated rings. The Labute approximate surface area is 140 Å². The van der Waals surface area contributed by atoms with Gasteiger partial charge in [-0.2, -0.15) is 0 Å². The number of hydrogen-bond acceptors (Lipinski definition) is 3. The van der Waals surface area contributed by atoms with Crippen LogP contribution in [0.3, 0.4) is 0 Å². The Kier molecular flexibility index (Phi) is 4.31. The van der Waals surface area contributed by atoms with E-state index < -0.39 is 34.4 Å². The number of benzene rings is 2. The molecule has 1 aromatic heterocycles. The predicted molar refractivity (Wildman–Crippen MR) is 85.4 cm³/mol. The van der Waals surface area contributed by atoms with E-state index in [4.69, 9.17) is 4.74 Å². The molecule has 0 aliphatic heterocycles. The van der Waals surface area contributed by atoms with Crippen molar-refractivity contribution in [2.45, 2.75) is 6.92 Å². The van der Waals surface area contributed by atoms with Crippen LogP contribution >= 0.6 is 0 Å². The molecular formula is C18H12F3NO3. The average Bonchev–Trinajstić information content (AvgIpc) is 2.61. The lowest BCUT2D eigenvalue weighted by atomic mass is 10.1. The van der Waals surface area contributed by atoms with Gasteiger partial charge in [0.25, 0.3) is 0 Å². The summed E-state index contributed by atoms with van der Waals surface area (Å²) in [5, 5.41) is -0.381. The van der Waals surface area contributed by atoms with Crippen molar-refractivity contribution in [1.29, 1.82) is 0 Å². The van der Waals surface area contributed by atoms with Crippen LogP contribution in [-0.2, 0) is 4.74 Å². The molecule has 0 bridgehead atoms. The van der Waals surface area contributed by atoms with Gasteiger partial charge in [0, 0.05) is 11.8 Å². The van der Waals surface area contributed by atoms with Gasteiger partial charge in [-0.05, 0) is 25.1 Å². The summed E-state index contributed by atoms with van der Waals surface area (Å²) in [5.41, 5.74) is -1.33. The smallest absolute Gasteiger partial charge is 0.355 e. The molecule has 0 N–H and O–H groups in total. The van der Waals surface area contributed by atoms with Crippen LogP contribution in [0.15, 0.2) is 47.3 Å². The fraction of sp³-hybridized carbons (Fsp3) is 0.111. The number of carbonyl (C=O) groups is 1. The maximum atomic E-state index is 14.5. The van der Waals surface area contributed by atoms with E-state index in [1.165, 1.54) is 12.1 Å². The van der Waals surface area contributed by atoms with Gasteiger partial charge in [0.15, 0.2) is 22.9 Å². The first kappa shape index (κ1) is 16.8. The van der Waals surface area contributed by atoms with Crippen molar-refractivity contribution in [2.24, 2.45) is 0 Å². The molecule has 128 valence electrons. The highest BCUT2D eigenvalue weighted by Crippen LogP contribution is 2.25. The van der Waals surface area contributed by atoms with Gasteiger partial charge >= 0.3 is 5.97 Å². The lowest BCUT2D eigenvalue weighted by molar-refractivity contribution is 0.0516. The molecule has 0 amide bonds. The van der Waals surface area contributed by atoms with Gasteiger partial charge in [0.1, 0.15) is 5.69 Å². The van der Waals surface area contributed by atoms with Crippen LogP contribution in [0.25, 0.3) is 16.6 Å². The van der Waals surface area contributed by atoms with Crippen LogP contribution in [0.5, 0.6) is 0 Å². The Bertz CT molecular complexity index is 1030. The highest BCUT2D eigenvalue weighted by Gasteiger charge is 2.23. The van der Waals surface area contributed by atoms with Crippen molar-refractivity contribution in [2.75, 3.05) is 6.61 Å². The number of aromatic nitrogens is 1. The molecule has 1 heterocycles. The number of para-hydroxylation sites is 1. The van der Waals surface area contributed by atoms with E-state index in [0.717, 1.165) is 10.6 Å². The van der Waals surface area contributed by atoms with E-state index in [9.17, 15) is 22.8 Å². The van der Waals surface area contributed by atoms with E-state index in [-0.39, 0.29) is 17.7 Å². The van der Waals surface area contributed by atoms with E-state index in [1.807, 2.05) is 0 Å². The summed E-state index contributed by atoms with van der Waals surface area (Å²) >= 11 is 0. The number of fused-ring (bicyclic) bond motifs is 1. The molecule has 0 unspecified atom stereocenters. The quantitative estimate of drug-likeness (QED) is 0.537. The SMILES string of the molecule is CCOC(=O)c1cc(=O)c2cc(F)c(F)c(F)c2n1-c1ccccc1. The summed E-state index contributed by atoms with van der Waals surface area (Å²) in [4.78, 5) is 24.5. The third-order valence-electron chi connectivity index (χ3n) is 3.63. The number of esters is 1. The minimum Gasteiger partial charge on any atom is -0.461 e. The molecule has 0 aliphatic carbocycles. The van der Waals surface area contributed by atoms with Gasteiger partial charge in [-0.25, -0.2) is 18.0 Å². The summed E-state index contributed by atoms with van der Waals surface area (Å²) in [7, 11) is 0. The molecule has 0 aliphatic rings. The van der Waals surface area contributed by atoms with Gasteiger partial charge in [-0.15, -0.1) is 0 Å². The zero-order valence-electron chi connectivity index (χ0n) is 13.1. The van der Waals surface area contributed by atoms with Crippen LogP contribution in [0.4, 0.5) is 13.2 Å². The number of halogens is 3. The normalized spacial score (nSPS) is 10.9. The van der Waals surface area contributed by atoms with Gasteiger partial charge in [0.05, 0.1) is 17.5 Å².